The number of carbonyl (C=O) groups excluding carboxylic acids is 2. The second kappa shape index (κ2) is 9.22. The van der Waals surface area contributed by atoms with E-state index in [9.17, 15) is 14.0 Å². The standard InChI is InChI=1S/C26H21FO4/c1-16(2)25(28)30-21-10-5-18(6-11-21)20-9-14-23(24(27)15-20)19-7-12-22(13-8-19)31-26(29)17(3)4/h5-15H,1,3H2,2,4H3/p+1. The summed E-state index contributed by atoms with van der Waals surface area (Å²) in [5.74, 6) is -0.309. The van der Waals surface area contributed by atoms with Gasteiger partial charge in [0.05, 0.1) is 5.57 Å². The third-order valence-electron chi connectivity index (χ3n) is 4.46. The summed E-state index contributed by atoms with van der Waals surface area (Å²) < 4.78 is 25.2. The minimum Gasteiger partial charge on any atom is -0.423 e. The van der Waals surface area contributed by atoms with Crippen LogP contribution in [0.1, 0.15) is 13.8 Å². The highest BCUT2D eigenvalue weighted by Crippen LogP contribution is 2.30. The first-order chi connectivity index (χ1) is 14.7. The van der Waals surface area contributed by atoms with Crippen molar-refractivity contribution in [2.75, 3.05) is 0 Å². The molecule has 0 heterocycles. The van der Waals surface area contributed by atoms with Gasteiger partial charge in [0.1, 0.15) is 11.6 Å². The van der Waals surface area contributed by atoms with Crippen molar-refractivity contribution >= 4 is 11.9 Å². The summed E-state index contributed by atoms with van der Waals surface area (Å²) in [5.41, 5.74) is 3.32. The van der Waals surface area contributed by atoms with E-state index in [2.05, 4.69) is 13.2 Å². The molecule has 0 aromatic heterocycles. The van der Waals surface area contributed by atoms with Crippen molar-refractivity contribution in [3.63, 3.8) is 0 Å². The lowest BCUT2D eigenvalue weighted by atomic mass is 9.99. The van der Waals surface area contributed by atoms with Gasteiger partial charge in [0.15, 0.2) is 0 Å². The molecule has 4 nitrogen and oxygen atoms in total. The minimum atomic E-state index is -0.493. The number of hydrogen-bond acceptors (Lipinski definition) is 3. The van der Waals surface area contributed by atoms with E-state index in [1.165, 1.54) is 6.07 Å². The second-order valence-electron chi connectivity index (χ2n) is 7.10. The Hall–Kier alpha value is -3.99. The number of rotatable bonds is 6. The lowest BCUT2D eigenvalue weighted by molar-refractivity contribution is -0.130. The van der Waals surface area contributed by atoms with Crippen LogP contribution in [0.5, 0.6) is 11.5 Å². The molecule has 0 unspecified atom stereocenters. The van der Waals surface area contributed by atoms with E-state index in [0.717, 1.165) is 5.56 Å². The number of carbonyl (C=O) groups is 1. The van der Waals surface area contributed by atoms with Crippen LogP contribution in [-0.2, 0) is 4.79 Å². The van der Waals surface area contributed by atoms with Gasteiger partial charge in [0.2, 0.25) is 5.75 Å². The zero-order valence-electron chi connectivity index (χ0n) is 17.3. The quantitative estimate of drug-likeness (QED) is 0.211. The summed E-state index contributed by atoms with van der Waals surface area (Å²) in [6, 6.07) is 18.5. The van der Waals surface area contributed by atoms with E-state index in [4.69, 9.17) is 9.47 Å². The molecule has 0 bridgehead atoms. The van der Waals surface area contributed by atoms with Gasteiger partial charge in [-0.15, -0.1) is 0 Å². The lowest BCUT2D eigenvalue weighted by Crippen LogP contribution is -2.08. The first kappa shape index (κ1) is 21.7. The monoisotopic (exact) mass is 417 g/mol. The van der Waals surface area contributed by atoms with Gasteiger partial charge in [-0.25, -0.2) is 9.18 Å². The maximum absolute atomic E-state index is 14.8. The van der Waals surface area contributed by atoms with Crippen molar-refractivity contribution in [2.24, 2.45) is 0 Å². The van der Waals surface area contributed by atoms with E-state index >= 15 is 0 Å². The van der Waals surface area contributed by atoms with Crippen LogP contribution in [0, 0.1) is 5.82 Å². The highest BCUT2D eigenvalue weighted by Gasteiger charge is 2.16. The normalized spacial score (nSPS) is 10.3. The fourth-order valence-corrected chi connectivity index (χ4v) is 2.74. The van der Waals surface area contributed by atoms with Crippen molar-refractivity contribution in [3.05, 3.63) is 96.9 Å². The molecule has 0 spiro atoms. The van der Waals surface area contributed by atoms with E-state index in [0.29, 0.717) is 39.3 Å². The summed E-state index contributed by atoms with van der Waals surface area (Å²) in [4.78, 5) is 21.2. The Morgan fingerprint density at radius 2 is 1.29 bits per heavy atom. The summed E-state index contributed by atoms with van der Waals surface area (Å²) in [6.45, 7) is 10.3. The smallest absolute Gasteiger partial charge is 0.423 e. The molecule has 0 saturated heterocycles. The zero-order chi connectivity index (χ0) is 22.5. The summed E-state index contributed by atoms with van der Waals surface area (Å²) >= 11 is 0. The molecule has 0 atom stereocenters. The van der Waals surface area contributed by atoms with Crippen LogP contribution < -0.4 is 9.47 Å². The molecule has 0 saturated carbocycles. The van der Waals surface area contributed by atoms with Crippen LogP contribution in [-0.4, -0.2) is 16.7 Å². The molecule has 3 aromatic carbocycles. The molecule has 3 aromatic rings. The maximum atomic E-state index is 14.8. The molecule has 3 rings (SSSR count). The molecule has 0 aliphatic heterocycles. The molecule has 5 heteroatoms. The first-order valence-corrected chi connectivity index (χ1v) is 9.52. The van der Waals surface area contributed by atoms with Gasteiger partial charge in [-0.1, -0.05) is 37.4 Å². The molecule has 1 N–H and O–H groups in total. The van der Waals surface area contributed by atoms with Gasteiger partial charge in [-0.05, 0) is 60.9 Å². The van der Waals surface area contributed by atoms with Gasteiger partial charge < -0.3 is 9.53 Å². The third kappa shape index (κ3) is 5.34. The topological polar surface area (TPSA) is 56.9 Å². The van der Waals surface area contributed by atoms with E-state index in [-0.39, 0.29) is 11.8 Å². The Bertz CT molecular complexity index is 1160. The van der Waals surface area contributed by atoms with Crippen molar-refractivity contribution in [2.45, 2.75) is 13.8 Å². The van der Waals surface area contributed by atoms with Crippen molar-refractivity contribution in [3.8, 4) is 33.8 Å². The fraction of sp³-hybridized carbons (Fsp3) is 0.0769. The van der Waals surface area contributed by atoms with Crippen LogP contribution in [0.3, 0.4) is 0 Å². The molecular formula is C26H22FO4+. The Morgan fingerprint density at radius 3 is 1.81 bits per heavy atom. The average molecular weight is 417 g/mol. The summed E-state index contributed by atoms with van der Waals surface area (Å²) in [6.07, 6.45) is 0. The average Bonchev–Trinajstić information content (AvgIpc) is 2.74. The first-order valence-electron chi connectivity index (χ1n) is 9.52. The predicted molar refractivity (Wildman–Crippen MR) is 120 cm³/mol. The highest BCUT2D eigenvalue weighted by atomic mass is 19.1. The third-order valence-corrected chi connectivity index (χ3v) is 4.46. The van der Waals surface area contributed by atoms with Crippen molar-refractivity contribution in [1.82, 2.24) is 0 Å². The van der Waals surface area contributed by atoms with E-state index in [1.807, 2.05) is 6.07 Å². The molecule has 0 radical (unpaired) electrons. The number of hydrogen-bond donors (Lipinski definition) is 0. The zero-order valence-corrected chi connectivity index (χ0v) is 17.3. The largest absolute Gasteiger partial charge is 0.518 e. The Morgan fingerprint density at radius 1 is 0.774 bits per heavy atom. The SMILES string of the molecule is C=C(C)C(=O)Oc1ccc(-c2ccc(-c3ccc(OC(=[OH+])C(=C)C)cc3)c(F)c2)cc1. The Balaban J connectivity index is 1.77. The number of halogens is 1. The summed E-state index contributed by atoms with van der Waals surface area (Å²) in [7, 11) is 0. The van der Waals surface area contributed by atoms with Gasteiger partial charge in [-0.3, -0.25) is 4.74 Å². The highest BCUT2D eigenvalue weighted by molar-refractivity contribution is 5.90. The molecule has 31 heavy (non-hydrogen) atoms. The molecule has 156 valence electrons. The number of benzene rings is 3. The van der Waals surface area contributed by atoms with Gasteiger partial charge in [0.25, 0.3) is 0 Å². The second-order valence-corrected chi connectivity index (χ2v) is 7.10. The van der Waals surface area contributed by atoms with Crippen LogP contribution in [0.2, 0.25) is 0 Å². The van der Waals surface area contributed by atoms with Crippen LogP contribution >= 0.6 is 0 Å². The van der Waals surface area contributed by atoms with Crippen LogP contribution in [0.25, 0.3) is 22.3 Å². The molecule has 0 fully saturated rings. The maximum Gasteiger partial charge on any atom is 0.518 e. The van der Waals surface area contributed by atoms with Gasteiger partial charge >= 0.3 is 11.9 Å². The Kier molecular flexibility index (Phi) is 6.46. The fourth-order valence-electron chi connectivity index (χ4n) is 2.74. The van der Waals surface area contributed by atoms with Gasteiger partial charge in [0, 0.05) is 23.3 Å². The van der Waals surface area contributed by atoms with Crippen LogP contribution in [0.4, 0.5) is 4.39 Å². The summed E-state index contributed by atoms with van der Waals surface area (Å²) in [5, 5.41) is 0. The number of esters is 2. The minimum absolute atomic E-state index is 0.260. The Labute approximate surface area is 180 Å². The molecule has 0 aliphatic carbocycles. The van der Waals surface area contributed by atoms with Gasteiger partial charge in [-0.2, -0.15) is 0 Å². The van der Waals surface area contributed by atoms with Crippen LogP contribution in [0.15, 0.2) is 91.0 Å². The van der Waals surface area contributed by atoms with Crippen molar-refractivity contribution in [1.29, 1.82) is 0 Å². The van der Waals surface area contributed by atoms with Crippen molar-refractivity contribution < 1.29 is 23.5 Å². The lowest BCUT2D eigenvalue weighted by Gasteiger charge is -2.08. The molecule has 0 amide bonds. The van der Waals surface area contributed by atoms with E-state index < -0.39 is 5.97 Å². The molecule has 0 aliphatic rings. The number of ether oxygens (including phenoxy) is 2. The molecular weight excluding hydrogens is 395 g/mol. The predicted octanol–water partition coefficient (Wildman–Crippen LogP) is 6.10. The van der Waals surface area contributed by atoms with E-state index in [1.54, 1.807) is 68.4 Å².